The first-order valence-electron chi connectivity index (χ1n) is 11.9. The van der Waals surface area contributed by atoms with Crippen molar-refractivity contribution < 1.29 is 38.4 Å². The highest BCUT2D eigenvalue weighted by Gasteiger charge is 2.71. The fraction of sp³-hybridized carbons (Fsp3) is 0.875. The minimum absolute atomic E-state index is 0.0126. The van der Waals surface area contributed by atoms with Crippen LogP contribution in [0.2, 0.25) is 0 Å². The predicted molar refractivity (Wildman–Crippen MR) is 125 cm³/mol. The molecule has 2 aliphatic heterocycles. The van der Waals surface area contributed by atoms with Gasteiger partial charge in [0.1, 0.15) is 12.7 Å². The molecule has 8 nitrogen and oxygen atoms in total. The predicted octanol–water partition coefficient (Wildman–Crippen LogP) is 3.16. The molecule has 0 aromatic heterocycles. The van der Waals surface area contributed by atoms with Crippen LogP contribution in [0.15, 0.2) is 0 Å². The van der Waals surface area contributed by atoms with E-state index in [-0.39, 0.29) is 36.4 Å². The van der Waals surface area contributed by atoms with E-state index < -0.39 is 40.8 Å². The Morgan fingerprint density at radius 3 is 2.58 bits per heavy atom. The second-order valence-electron chi connectivity index (χ2n) is 10.7. The van der Waals surface area contributed by atoms with Gasteiger partial charge in [0.2, 0.25) is 6.29 Å². The van der Waals surface area contributed by atoms with Crippen molar-refractivity contribution in [2.75, 3.05) is 11.0 Å². The molecule has 2 saturated heterocycles. The molecule has 0 aromatic rings. The summed E-state index contributed by atoms with van der Waals surface area (Å²) in [5.74, 6) is -1.03. The Bertz CT molecular complexity index is 802. The number of carbonyl (C=O) groups is 3. The summed E-state index contributed by atoms with van der Waals surface area (Å²) in [4.78, 5) is 35.9. The molecule has 9 heteroatoms. The van der Waals surface area contributed by atoms with Crippen LogP contribution in [-0.4, -0.2) is 58.1 Å². The second-order valence-corrected chi connectivity index (χ2v) is 11.5. The number of carbonyl (C=O) groups excluding carboxylic acids is 3. The van der Waals surface area contributed by atoms with Crippen molar-refractivity contribution in [2.24, 2.45) is 28.6 Å². The van der Waals surface area contributed by atoms with E-state index >= 15 is 0 Å². The average Bonchev–Trinajstić information content (AvgIpc) is 3.28. The van der Waals surface area contributed by atoms with Gasteiger partial charge < -0.3 is 24.1 Å². The van der Waals surface area contributed by atoms with Gasteiger partial charge in [-0.1, -0.05) is 42.9 Å². The van der Waals surface area contributed by atoms with Gasteiger partial charge in [0.25, 0.3) is 0 Å². The summed E-state index contributed by atoms with van der Waals surface area (Å²) in [6, 6.07) is 0. The van der Waals surface area contributed by atoms with Crippen molar-refractivity contribution in [3.05, 3.63) is 0 Å². The van der Waals surface area contributed by atoms with Crippen LogP contribution in [0.5, 0.6) is 0 Å². The Morgan fingerprint density at radius 1 is 1.24 bits per heavy atom. The first kappa shape index (κ1) is 25.2. The second kappa shape index (κ2) is 8.93. The smallest absolute Gasteiger partial charge is 0.308 e. The van der Waals surface area contributed by atoms with E-state index in [4.69, 9.17) is 18.9 Å². The zero-order valence-electron chi connectivity index (χ0n) is 19.8. The van der Waals surface area contributed by atoms with E-state index in [0.29, 0.717) is 30.1 Å². The largest absolute Gasteiger partial charge is 0.465 e. The van der Waals surface area contributed by atoms with Gasteiger partial charge in [-0.15, -0.1) is 0 Å². The van der Waals surface area contributed by atoms with Crippen LogP contribution in [0.4, 0.5) is 0 Å². The summed E-state index contributed by atoms with van der Waals surface area (Å²) in [5.41, 5.74) is -2.52. The monoisotopic (exact) mass is 578 g/mol. The number of aliphatic hydroxyl groups is 1. The molecule has 1 N–H and O–H groups in total. The summed E-state index contributed by atoms with van der Waals surface area (Å²) in [7, 11) is 0. The fourth-order valence-electron chi connectivity index (χ4n) is 7.38. The molecular weight excluding hydrogens is 543 g/mol. The van der Waals surface area contributed by atoms with E-state index in [2.05, 4.69) is 36.4 Å². The van der Waals surface area contributed by atoms with E-state index in [1.807, 2.05) is 0 Å². The van der Waals surface area contributed by atoms with Gasteiger partial charge in [-0.25, -0.2) is 0 Å². The van der Waals surface area contributed by atoms with Crippen LogP contribution in [0.1, 0.15) is 66.2 Å². The quantitative estimate of drug-likeness (QED) is 0.230. The number of alkyl halides is 1. The van der Waals surface area contributed by atoms with Crippen molar-refractivity contribution in [3.63, 3.8) is 0 Å². The summed E-state index contributed by atoms with van der Waals surface area (Å²) >= 11 is 2.19. The van der Waals surface area contributed by atoms with Crippen LogP contribution in [-0.2, 0) is 33.3 Å². The molecule has 4 fully saturated rings. The maximum atomic E-state index is 12.2. The summed E-state index contributed by atoms with van der Waals surface area (Å²) in [6.45, 7) is 7.07. The maximum absolute atomic E-state index is 12.2. The first-order chi connectivity index (χ1) is 15.5. The van der Waals surface area contributed by atoms with Crippen LogP contribution in [0.3, 0.4) is 0 Å². The molecule has 33 heavy (non-hydrogen) atoms. The number of hydrogen-bond donors (Lipinski definition) is 1. The number of rotatable bonds is 5. The van der Waals surface area contributed by atoms with Crippen LogP contribution in [0, 0.1) is 28.6 Å². The zero-order valence-corrected chi connectivity index (χ0v) is 22.0. The van der Waals surface area contributed by atoms with Gasteiger partial charge in [-0.3, -0.25) is 14.4 Å². The Hall–Kier alpha value is -0.940. The van der Waals surface area contributed by atoms with E-state index in [0.717, 1.165) is 12.8 Å². The van der Waals surface area contributed by atoms with Crippen LogP contribution >= 0.6 is 22.6 Å². The van der Waals surface area contributed by atoms with Crippen molar-refractivity contribution in [1.82, 2.24) is 0 Å². The minimum atomic E-state index is -1.17. The van der Waals surface area contributed by atoms with Crippen molar-refractivity contribution in [2.45, 2.75) is 90.3 Å². The molecule has 0 bridgehead atoms. The lowest BCUT2D eigenvalue weighted by Crippen LogP contribution is -2.72. The Kier molecular flexibility index (Phi) is 6.81. The van der Waals surface area contributed by atoms with E-state index in [1.54, 1.807) is 0 Å². The zero-order chi connectivity index (χ0) is 24.2. The number of fused-ring (bicyclic) bond motifs is 2. The van der Waals surface area contributed by atoms with Crippen LogP contribution < -0.4 is 0 Å². The van der Waals surface area contributed by atoms with E-state index in [1.165, 1.54) is 13.8 Å². The summed E-state index contributed by atoms with van der Waals surface area (Å²) < 4.78 is 23.7. The summed E-state index contributed by atoms with van der Waals surface area (Å²) in [6.07, 6.45) is 2.48. The number of esters is 3. The molecule has 2 saturated carbocycles. The lowest BCUT2D eigenvalue weighted by molar-refractivity contribution is -0.284. The molecular formula is C24H35IO8. The van der Waals surface area contributed by atoms with Gasteiger partial charge in [-0.2, -0.15) is 0 Å². The third kappa shape index (κ3) is 3.90. The Morgan fingerprint density at radius 2 is 1.97 bits per heavy atom. The highest BCUT2D eigenvalue weighted by Crippen LogP contribution is 2.67. The van der Waals surface area contributed by atoms with Crippen molar-refractivity contribution in [3.8, 4) is 0 Å². The third-order valence-corrected chi connectivity index (χ3v) is 10.4. The Labute approximate surface area is 208 Å². The molecule has 9 atom stereocenters. The summed E-state index contributed by atoms with van der Waals surface area (Å²) in [5, 5.41) is 12.1. The lowest BCUT2D eigenvalue weighted by Gasteiger charge is -2.66. The fourth-order valence-corrected chi connectivity index (χ4v) is 8.47. The SMILES string of the molecule is CC(=O)OC[C@@]12[C@@H](OC(C)=O)C[C@@H](C)[C@](C)([C@@H]3C[C@H]4CC(=O)O[C@H]4O3)[C@H]1CCC[C@]2(O)CI. The molecule has 2 aliphatic carbocycles. The average molecular weight is 578 g/mol. The lowest BCUT2D eigenvalue weighted by atomic mass is 9.41. The van der Waals surface area contributed by atoms with Crippen LogP contribution in [0.25, 0.3) is 0 Å². The van der Waals surface area contributed by atoms with Crippen molar-refractivity contribution >= 4 is 40.5 Å². The Balaban J connectivity index is 1.80. The van der Waals surface area contributed by atoms with Gasteiger partial charge in [0, 0.05) is 29.6 Å². The molecule has 2 heterocycles. The standard InChI is InChI=1S/C24H35IO8/c1-13-8-19(31-15(3)27)24(12-30-14(2)26)17(6-5-7-23(24,29)11-25)22(13,4)18-9-16-10-20(28)33-21(16)32-18/h13,16-19,21,29H,5-12H2,1-4H3/t13-,16+,17-,18+,19+,21-,22+,23+,24+/m1/s1. The highest BCUT2D eigenvalue weighted by atomic mass is 127. The molecule has 186 valence electrons. The molecule has 0 unspecified atom stereocenters. The minimum Gasteiger partial charge on any atom is -0.465 e. The normalized spacial score (nSPS) is 46.8. The molecule has 0 amide bonds. The molecule has 4 rings (SSSR count). The number of halogens is 1. The van der Waals surface area contributed by atoms with Gasteiger partial charge >= 0.3 is 17.9 Å². The van der Waals surface area contributed by atoms with Crippen molar-refractivity contribution in [1.29, 1.82) is 0 Å². The topological polar surface area (TPSA) is 108 Å². The molecule has 4 aliphatic rings. The van der Waals surface area contributed by atoms with Gasteiger partial charge in [0.15, 0.2) is 0 Å². The molecule has 0 spiro atoms. The maximum Gasteiger partial charge on any atom is 0.308 e. The molecule has 0 aromatic carbocycles. The number of ether oxygens (including phenoxy) is 4. The van der Waals surface area contributed by atoms with Gasteiger partial charge in [-0.05, 0) is 37.5 Å². The third-order valence-electron chi connectivity index (χ3n) is 9.14. The van der Waals surface area contributed by atoms with E-state index in [9.17, 15) is 19.5 Å². The van der Waals surface area contributed by atoms with Gasteiger partial charge in [0.05, 0.1) is 23.5 Å². The molecule has 0 radical (unpaired) electrons. The highest BCUT2D eigenvalue weighted by molar-refractivity contribution is 14.1. The first-order valence-corrected chi connectivity index (χ1v) is 13.4. The number of hydrogen-bond acceptors (Lipinski definition) is 8.